The number of aromatic amines is 1. The van der Waals surface area contributed by atoms with Crippen molar-refractivity contribution in [1.29, 1.82) is 0 Å². The maximum absolute atomic E-state index is 12.6. The molecule has 0 bridgehead atoms. The van der Waals surface area contributed by atoms with Gasteiger partial charge in [-0.15, -0.1) is 0 Å². The number of amides is 1. The number of hydrogen-bond acceptors (Lipinski definition) is 3. The number of fused-ring (bicyclic) bond motifs is 1. The first-order valence-corrected chi connectivity index (χ1v) is 8.02. The van der Waals surface area contributed by atoms with Crippen LogP contribution in [0.4, 0.5) is 5.69 Å². The molecule has 0 fully saturated rings. The summed E-state index contributed by atoms with van der Waals surface area (Å²) in [6, 6.07) is 12.3. The van der Waals surface area contributed by atoms with Crippen LogP contribution >= 0.6 is 0 Å². The zero-order chi connectivity index (χ0) is 18.2. The Balaban J connectivity index is 1.97. The van der Waals surface area contributed by atoms with Gasteiger partial charge >= 0.3 is 0 Å². The van der Waals surface area contributed by atoms with Gasteiger partial charge < -0.3 is 15.4 Å². The highest BCUT2D eigenvalue weighted by atomic mass is 16.3. The molecule has 0 aliphatic carbocycles. The van der Waals surface area contributed by atoms with E-state index in [0.717, 1.165) is 5.56 Å². The molecule has 2 aromatic carbocycles. The average molecular weight is 336 g/mol. The van der Waals surface area contributed by atoms with Crippen molar-refractivity contribution in [3.05, 3.63) is 70.0 Å². The number of carbonyl (C=O) groups is 1. The average Bonchev–Trinajstić information content (AvgIpc) is 2.54. The Bertz CT molecular complexity index is 1010. The highest BCUT2D eigenvalue weighted by Gasteiger charge is 2.17. The number of rotatable bonds is 2. The van der Waals surface area contributed by atoms with Gasteiger partial charge in [0.15, 0.2) is 0 Å². The van der Waals surface area contributed by atoms with Gasteiger partial charge in [-0.2, -0.15) is 0 Å². The van der Waals surface area contributed by atoms with Gasteiger partial charge in [0.05, 0.1) is 10.9 Å². The third-order valence-electron chi connectivity index (χ3n) is 4.12. The first-order valence-electron chi connectivity index (χ1n) is 8.02. The van der Waals surface area contributed by atoms with Crippen molar-refractivity contribution < 1.29 is 9.90 Å². The Kier molecular flexibility index (Phi) is 4.08. The maximum atomic E-state index is 12.6. The fraction of sp³-hybridized carbons (Fsp3) is 0.200. The topological polar surface area (TPSA) is 82.2 Å². The minimum atomic E-state index is -0.516. The molecule has 3 aromatic rings. The highest BCUT2D eigenvalue weighted by molar-refractivity contribution is 6.06. The lowest BCUT2D eigenvalue weighted by atomic mass is 9.87. The molecule has 0 atom stereocenters. The Labute approximate surface area is 145 Å². The number of nitrogens with one attached hydrogen (secondary N) is 2. The minimum Gasteiger partial charge on any atom is -0.507 e. The molecule has 5 nitrogen and oxygen atoms in total. The predicted octanol–water partition coefficient (Wildman–Crippen LogP) is 3.78. The fourth-order valence-corrected chi connectivity index (χ4v) is 2.68. The van der Waals surface area contributed by atoms with E-state index >= 15 is 0 Å². The van der Waals surface area contributed by atoms with E-state index in [9.17, 15) is 14.7 Å². The highest BCUT2D eigenvalue weighted by Crippen LogP contribution is 2.25. The lowest BCUT2D eigenvalue weighted by Gasteiger charge is -2.19. The third kappa shape index (κ3) is 3.26. The summed E-state index contributed by atoms with van der Waals surface area (Å²) in [7, 11) is 0. The van der Waals surface area contributed by atoms with Crippen molar-refractivity contribution >= 4 is 22.5 Å². The predicted molar refractivity (Wildman–Crippen MR) is 99.3 cm³/mol. The third-order valence-corrected chi connectivity index (χ3v) is 4.12. The van der Waals surface area contributed by atoms with Gasteiger partial charge in [0.1, 0.15) is 11.3 Å². The number of benzene rings is 2. The van der Waals surface area contributed by atoms with Gasteiger partial charge in [-0.25, -0.2) is 0 Å². The number of pyridine rings is 1. The molecule has 0 saturated carbocycles. The number of aromatic nitrogens is 1. The molecular weight excluding hydrogens is 316 g/mol. The van der Waals surface area contributed by atoms with Crippen LogP contribution in [0, 0.1) is 0 Å². The van der Waals surface area contributed by atoms with Crippen LogP contribution in [0.3, 0.4) is 0 Å². The normalized spacial score (nSPS) is 11.5. The van der Waals surface area contributed by atoms with Crippen molar-refractivity contribution in [2.75, 3.05) is 5.32 Å². The molecule has 0 saturated heterocycles. The Morgan fingerprint density at radius 3 is 2.56 bits per heavy atom. The molecule has 5 heteroatoms. The molecule has 128 valence electrons. The lowest BCUT2D eigenvalue weighted by Crippen LogP contribution is -2.22. The summed E-state index contributed by atoms with van der Waals surface area (Å²) >= 11 is 0. The molecule has 0 unspecified atom stereocenters. The van der Waals surface area contributed by atoms with Crippen LogP contribution < -0.4 is 10.7 Å². The Hall–Kier alpha value is -3.08. The van der Waals surface area contributed by atoms with E-state index in [1.807, 2.05) is 18.2 Å². The summed E-state index contributed by atoms with van der Waals surface area (Å²) in [6.07, 6.45) is 1.37. The van der Waals surface area contributed by atoms with E-state index < -0.39 is 11.3 Å². The van der Waals surface area contributed by atoms with Crippen molar-refractivity contribution in [3.8, 4) is 5.75 Å². The van der Waals surface area contributed by atoms with Gasteiger partial charge in [-0.3, -0.25) is 9.59 Å². The SMILES string of the molecule is CC(C)(C)c1cccc(NC(=O)c2c[nH]c3cccc(O)c3c2=O)c1. The molecule has 25 heavy (non-hydrogen) atoms. The molecule has 3 N–H and O–H groups in total. The number of phenolic OH excluding ortho intramolecular Hbond substituents is 1. The number of anilines is 1. The Morgan fingerprint density at radius 2 is 1.84 bits per heavy atom. The van der Waals surface area contributed by atoms with Crippen molar-refractivity contribution in [2.24, 2.45) is 0 Å². The van der Waals surface area contributed by atoms with E-state index in [1.165, 1.54) is 12.3 Å². The molecule has 3 rings (SSSR count). The first kappa shape index (κ1) is 16.8. The zero-order valence-electron chi connectivity index (χ0n) is 14.4. The smallest absolute Gasteiger partial charge is 0.261 e. The van der Waals surface area contributed by atoms with Crippen LogP contribution in [0.5, 0.6) is 5.75 Å². The van der Waals surface area contributed by atoms with Crippen LogP contribution in [0.1, 0.15) is 36.7 Å². The largest absolute Gasteiger partial charge is 0.507 e. The molecule has 1 aromatic heterocycles. The van der Waals surface area contributed by atoms with Crippen LogP contribution in [0.25, 0.3) is 10.9 Å². The van der Waals surface area contributed by atoms with Gasteiger partial charge in [0.2, 0.25) is 5.43 Å². The van der Waals surface area contributed by atoms with Crippen LogP contribution in [0.15, 0.2) is 53.5 Å². The summed E-state index contributed by atoms with van der Waals surface area (Å²) in [5.74, 6) is -0.666. The van der Waals surface area contributed by atoms with Crippen molar-refractivity contribution in [1.82, 2.24) is 4.98 Å². The van der Waals surface area contributed by atoms with E-state index in [4.69, 9.17) is 0 Å². The van der Waals surface area contributed by atoms with E-state index in [-0.39, 0.29) is 22.1 Å². The van der Waals surface area contributed by atoms with Crippen LogP contribution in [-0.2, 0) is 5.41 Å². The summed E-state index contributed by atoms with van der Waals surface area (Å²) in [5, 5.41) is 12.8. The second kappa shape index (κ2) is 6.09. The number of carbonyl (C=O) groups excluding carboxylic acids is 1. The van der Waals surface area contributed by atoms with Crippen molar-refractivity contribution in [3.63, 3.8) is 0 Å². The Morgan fingerprint density at radius 1 is 1.12 bits per heavy atom. The standard InChI is InChI=1S/C20H20N2O3/c1-20(2,3)12-6-4-7-13(10-12)22-19(25)14-11-21-15-8-5-9-16(23)17(15)18(14)24/h4-11,23H,1-3H3,(H,21,24)(H,22,25). The summed E-state index contributed by atoms with van der Waals surface area (Å²) in [6.45, 7) is 6.26. The number of phenols is 1. The molecule has 1 heterocycles. The quantitative estimate of drug-likeness (QED) is 0.666. The number of hydrogen-bond donors (Lipinski definition) is 3. The zero-order valence-corrected chi connectivity index (χ0v) is 14.4. The monoisotopic (exact) mass is 336 g/mol. The molecular formula is C20H20N2O3. The van der Waals surface area contributed by atoms with Gasteiger partial charge in [0.25, 0.3) is 5.91 Å². The first-order chi connectivity index (χ1) is 11.8. The number of aromatic hydroxyl groups is 1. The van der Waals surface area contributed by atoms with Gasteiger partial charge in [-0.1, -0.05) is 39.0 Å². The fourth-order valence-electron chi connectivity index (χ4n) is 2.68. The van der Waals surface area contributed by atoms with Gasteiger partial charge in [0, 0.05) is 11.9 Å². The summed E-state index contributed by atoms with van der Waals surface area (Å²) < 4.78 is 0. The molecule has 0 spiro atoms. The maximum Gasteiger partial charge on any atom is 0.261 e. The van der Waals surface area contributed by atoms with E-state index in [2.05, 4.69) is 31.1 Å². The van der Waals surface area contributed by atoms with Crippen LogP contribution in [0.2, 0.25) is 0 Å². The number of H-pyrrole nitrogens is 1. The van der Waals surface area contributed by atoms with E-state index in [0.29, 0.717) is 11.2 Å². The van der Waals surface area contributed by atoms with Crippen LogP contribution in [-0.4, -0.2) is 16.0 Å². The second-order valence-electron chi connectivity index (χ2n) is 7.02. The van der Waals surface area contributed by atoms with Gasteiger partial charge in [-0.05, 0) is 35.2 Å². The summed E-state index contributed by atoms with van der Waals surface area (Å²) in [5.41, 5.74) is 1.58. The second-order valence-corrected chi connectivity index (χ2v) is 7.02. The summed E-state index contributed by atoms with van der Waals surface area (Å²) in [4.78, 5) is 28.0. The molecule has 0 aliphatic rings. The van der Waals surface area contributed by atoms with Crippen molar-refractivity contribution in [2.45, 2.75) is 26.2 Å². The molecule has 1 amide bonds. The molecule has 0 radical (unpaired) electrons. The molecule has 0 aliphatic heterocycles. The van der Waals surface area contributed by atoms with E-state index in [1.54, 1.807) is 18.2 Å². The lowest BCUT2D eigenvalue weighted by molar-refractivity contribution is 0.102. The minimum absolute atomic E-state index is 0.0461.